The molecule has 5 nitrogen and oxygen atoms in total. The molecular weight excluding hydrogens is 290 g/mol. The summed E-state index contributed by atoms with van der Waals surface area (Å²) in [6.07, 6.45) is 1.44. The Labute approximate surface area is 138 Å². The number of hydrogen-bond donors (Lipinski definition) is 2. The molecule has 2 rings (SSSR count). The molecule has 0 radical (unpaired) electrons. The van der Waals surface area contributed by atoms with Crippen molar-refractivity contribution in [3.63, 3.8) is 0 Å². The highest BCUT2D eigenvalue weighted by atomic mass is 16.2. The molecule has 1 aromatic rings. The van der Waals surface area contributed by atoms with E-state index in [1.807, 2.05) is 51.1 Å². The molecule has 5 heteroatoms. The number of piperidine rings is 1. The van der Waals surface area contributed by atoms with E-state index in [1.165, 1.54) is 0 Å². The molecule has 1 unspecified atom stereocenters. The first-order chi connectivity index (χ1) is 11.0. The van der Waals surface area contributed by atoms with E-state index >= 15 is 0 Å². The van der Waals surface area contributed by atoms with Crippen LogP contribution in [0.5, 0.6) is 0 Å². The topological polar surface area (TPSA) is 61.4 Å². The van der Waals surface area contributed by atoms with Gasteiger partial charge in [-0.3, -0.25) is 4.79 Å². The third-order valence-electron chi connectivity index (χ3n) is 4.22. The molecule has 1 fully saturated rings. The molecule has 1 heterocycles. The largest absolute Gasteiger partial charge is 0.349 e. The van der Waals surface area contributed by atoms with Gasteiger partial charge in [-0.2, -0.15) is 0 Å². The van der Waals surface area contributed by atoms with Gasteiger partial charge in [-0.25, -0.2) is 4.79 Å². The van der Waals surface area contributed by atoms with Gasteiger partial charge in [0.25, 0.3) is 0 Å². The standard InChI is InChI=1S/C18H27N3O2/c1-13(2)19-18(23)21-11-9-16(10-12-21)17(22)20-14(3)15-7-5-4-6-8-15/h4-8,13-14,16H,9-12H2,1-3H3,(H,19,23)(H,20,22). The number of urea groups is 1. The van der Waals surface area contributed by atoms with Gasteiger partial charge in [-0.1, -0.05) is 30.3 Å². The molecule has 2 N–H and O–H groups in total. The summed E-state index contributed by atoms with van der Waals surface area (Å²) in [5, 5.41) is 5.98. The molecule has 0 spiro atoms. The number of carbonyl (C=O) groups is 2. The van der Waals surface area contributed by atoms with Crippen molar-refractivity contribution in [2.75, 3.05) is 13.1 Å². The zero-order chi connectivity index (χ0) is 16.8. The zero-order valence-electron chi connectivity index (χ0n) is 14.2. The van der Waals surface area contributed by atoms with Gasteiger partial charge in [0.2, 0.25) is 5.91 Å². The van der Waals surface area contributed by atoms with Crippen molar-refractivity contribution in [3.05, 3.63) is 35.9 Å². The summed E-state index contributed by atoms with van der Waals surface area (Å²) in [5.41, 5.74) is 1.11. The molecule has 126 valence electrons. The highest BCUT2D eigenvalue weighted by Crippen LogP contribution is 2.19. The molecule has 3 amide bonds. The summed E-state index contributed by atoms with van der Waals surface area (Å²) in [6, 6.07) is 10.1. The van der Waals surface area contributed by atoms with Crippen LogP contribution >= 0.6 is 0 Å². The summed E-state index contributed by atoms with van der Waals surface area (Å²) in [4.78, 5) is 26.2. The first-order valence-electron chi connectivity index (χ1n) is 8.38. The van der Waals surface area contributed by atoms with E-state index in [0.717, 1.165) is 18.4 Å². The molecule has 0 bridgehead atoms. The fourth-order valence-corrected chi connectivity index (χ4v) is 2.84. The maximum atomic E-state index is 12.4. The summed E-state index contributed by atoms with van der Waals surface area (Å²) >= 11 is 0. The summed E-state index contributed by atoms with van der Waals surface area (Å²) < 4.78 is 0. The summed E-state index contributed by atoms with van der Waals surface area (Å²) in [7, 11) is 0. The van der Waals surface area contributed by atoms with Crippen molar-refractivity contribution in [3.8, 4) is 0 Å². The van der Waals surface area contributed by atoms with Gasteiger partial charge < -0.3 is 15.5 Å². The Bertz CT molecular complexity index is 522. The number of amides is 3. The highest BCUT2D eigenvalue weighted by Gasteiger charge is 2.28. The number of nitrogens with one attached hydrogen (secondary N) is 2. The van der Waals surface area contributed by atoms with Gasteiger partial charge in [-0.15, -0.1) is 0 Å². The van der Waals surface area contributed by atoms with Crippen LogP contribution < -0.4 is 10.6 Å². The fourth-order valence-electron chi connectivity index (χ4n) is 2.84. The minimum absolute atomic E-state index is 0.00553. The minimum atomic E-state index is -0.0310. The number of carbonyl (C=O) groups excluding carboxylic acids is 2. The number of rotatable bonds is 4. The average Bonchev–Trinajstić information content (AvgIpc) is 2.55. The Morgan fingerprint density at radius 2 is 1.65 bits per heavy atom. The lowest BCUT2D eigenvalue weighted by molar-refractivity contribution is -0.126. The van der Waals surface area contributed by atoms with Crippen LogP contribution in [0.25, 0.3) is 0 Å². The Morgan fingerprint density at radius 1 is 1.04 bits per heavy atom. The molecule has 1 aliphatic rings. The van der Waals surface area contributed by atoms with Crippen molar-refractivity contribution < 1.29 is 9.59 Å². The van der Waals surface area contributed by atoms with Crippen molar-refractivity contribution in [1.29, 1.82) is 0 Å². The van der Waals surface area contributed by atoms with Crippen LogP contribution in [-0.4, -0.2) is 36.0 Å². The first kappa shape index (κ1) is 17.3. The third-order valence-corrected chi connectivity index (χ3v) is 4.22. The van der Waals surface area contributed by atoms with Gasteiger partial charge in [0.05, 0.1) is 6.04 Å². The third kappa shape index (κ3) is 4.98. The van der Waals surface area contributed by atoms with E-state index in [4.69, 9.17) is 0 Å². The first-order valence-corrected chi connectivity index (χ1v) is 8.38. The molecule has 0 aromatic heterocycles. The van der Waals surface area contributed by atoms with Gasteiger partial charge in [0.1, 0.15) is 0 Å². The highest BCUT2D eigenvalue weighted by molar-refractivity contribution is 5.80. The lowest BCUT2D eigenvalue weighted by Gasteiger charge is -2.32. The second-order valence-electron chi connectivity index (χ2n) is 6.51. The fraction of sp³-hybridized carbons (Fsp3) is 0.556. The van der Waals surface area contributed by atoms with Crippen LogP contribution in [0.3, 0.4) is 0 Å². The maximum absolute atomic E-state index is 12.4. The Morgan fingerprint density at radius 3 is 2.22 bits per heavy atom. The average molecular weight is 317 g/mol. The molecule has 1 aromatic carbocycles. The van der Waals surface area contributed by atoms with Gasteiger partial charge in [0.15, 0.2) is 0 Å². The van der Waals surface area contributed by atoms with Crippen LogP contribution in [0.1, 0.15) is 45.2 Å². The van der Waals surface area contributed by atoms with E-state index < -0.39 is 0 Å². The smallest absolute Gasteiger partial charge is 0.317 e. The number of benzene rings is 1. The second-order valence-corrected chi connectivity index (χ2v) is 6.51. The second kappa shape index (κ2) is 7.99. The SMILES string of the molecule is CC(C)NC(=O)N1CCC(C(=O)NC(C)c2ccccc2)CC1. The van der Waals surface area contributed by atoms with Crippen molar-refractivity contribution >= 4 is 11.9 Å². The van der Waals surface area contributed by atoms with E-state index in [-0.39, 0.29) is 29.9 Å². The molecule has 23 heavy (non-hydrogen) atoms. The van der Waals surface area contributed by atoms with Crippen LogP contribution in [0.15, 0.2) is 30.3 Å². The van der Waals surface area contributed by atoms with E-state index in [0.29, 0.717) is 13.1 Å². The maximum Gasteiger partial charge on any atom is 0.317 e. The summed E-state index contributed by atoms with van der Waals surface area (Å²) in [5.74, 6) is 0.0783. The van der Waals surface area contributed by atoms with Crippen molar-refractivity contribution in [2.24, 2.45) is 5.92 Å². The van der Waals surface area contributed by atoms with E-state index in [9.17, 15) is 9.59 Å². The van der Waals surface area contributed by atoms with Crippen molar-refractivity contribution in [2.45, 2.75) is 45.7 Å². The zero-order valence-corrected chi connectivity index (χ0v) is 14.2. The number of hydrogen-bond acceptors (Lipinski definition) is 2. The molecular formula is C18H27N3O2. The molecule has 0 saturated carbocycles. The molecule has 1 aliphatic heterocycles. The lowest BCUT2D eigenvalue weighted by atomic mass is 9.95. The van der Waals surface area contributed by atoms with Crippen LogP contribution in [0.2, 0.25) is 0 Å². The normalized spacial score (nSPS) is 17.0. The van der Waals surface area contributed by atoms with Crippen LogP contribution in [0, 0.1) is 5.92 Å². The predicted octanol–water partition coefficient (Wildman–Crippen LogP) is 2.69. The molecule has 1 saturated heterocycles. The van der Waals surface area contributed by atoms with Crippen LogP contribution in [-0.2, 0) is 4.79 Å². The Balaban J connectivity index is 1.81. The van der Waals surface area contributed by atoms with Gasteiger partial charge >= 0.3 is 6.03 Å². The van der Waals surface area contributed by atoms with E-state index in [1.54, 1.807) is 4.90 Å². The Kier molecular flexibility index (Phi) is 6.02. The molecule has 1 atom stereocenters. The number of likely N-dealkylation sites (tertiary alicyclic amines) is 1. The van der Waals surface area contributed by atoms with Gasteiger partial charge in [0, 0.05) is 25.0 Å². The predicted molar refractivity (Wildman–Crippen MR) is 91.0 cm³/mol. The quantitative estimate of drug-likeness (QED) is 0.897. The molecule has 0 aliphatic carbocycles. The Hall–Kier alpha value is -2.04. The van der Waals surface area contributed by atoms with Gasteiger partial charge in [-0.05, 0) is 39.2 Å². The van der Waals surface area contributed by atoms with Crippen LogP contribution in [0.4, 0.5) is 4.79 Å². The monoisotopic (exact) mass is 317 g/mol. The minimum Gasteiger partial charge on any atom is -0.349 e. The van der Waals surface area contributed by atoms with E-state index in [2.05, 4.69) is 10.6 Å². The number of nitrogens with zero attached hydrogens (tertiary/aromatic N) is 1. The lowest BCUT2D eigenvalue weighted by Crippen LogP contribution is -2.48. The van der Waals surface area contributed by atoms with Crippen molar-refractivity contribution in [1.82, 2.24) is 15.5 Å². The summed E-state index contributed by atoms with van der Waals surface area (Å²) in [6.45, 7) is 7.16.